The number of carbonyl (C=O) groups excluding carboxylic acids is 2. The van der Waals surface area contributed by atoms with E-state index in [1.165, 1.54) is 14.0 Å². The molecule has 0 bridgehead atoms. The van der Waals surface area contributed by atoms with Gasteiger partial charge in [-0.2, -0.15) is 0 Å². The molecule has 0 unspecified atom stereocenters. The molecule has 0 atom stereocenters. The molecule has 0 N–H and O–H groups in total. The Balaban J connectivity index is 3.14. The quantitative estimate of drug-likeness (QED) is 0.597. The van der Waals surface area contributed by atoms with Crippen molar-refractivity contribution in [1.82, 2.24) is 0 Å². The zero-order valence-electron chi connectivity index (χ0n) is 11.1. The van der Waals surface area contributed by atoms with Crippen molar-refractivity contribution in [1.29, 1.82) is 0 Å². The fraction of sp³-hybridized carbons (Fsp3) is 0.462. The lowest BCUT2D eigenvalue weighted by molar-refractivity contribution is 0.0478. The predicted molar refractivity (Wildman–Crippen MR) is 66.2 cm³/mol. The Kier molecular flexibility index (Phi) is 5.29. The van der Waals surface area contributed by atoms with Gasteiger partial charge in [0.05, 0.1) is 19.3 Å². The maximum absolute atomic E-state index is 11.9. The van der Waals surface area contributed by atoms with Gasteiger partial charge >= 0.3 is 17.6 Å². The standard InChI is InChI=1S/C13H16O6/c1-4-5-6-18-12(15)9-7-10(14)19-8(2)11(9)13(16)17-3/h7H,4-6H2,1-3H3. The van der Waals surface area contributed by atoms with Gasteiger partial charge in [0.15, 0.2) is 0 Å². The van der Waals surface area contributed by atoms with Crippen LogP contribution in [0.3, 0.4) is 0 Å². The molecule has 1 aromatic rings. The Morgan fingerprint density at radius 2 is 2.00 bits per heavy atom. The molecule has 0 aliphatic carbocycles. The third-order valence-electron chi connectivity index (χ3n) is 2.48. The minimum Gasteiger partial charge on any atom is -0.465 e. The summed E-state index contributed by atoms with van der Waals surface area (Å²) in [5.41, 5.74) is -0.923. The number of carbonyl (C=O) groups is 2. The van der Waals surface area contributed by atoms with Gasteiger partial charge in [0.2, 0.25) is 0 Å². The fourth-order valence-electron chi connectivity index (χ4n) is 1.51. The first kappa shape index (κ1) is 14.9. The van der Waals surface area contributed by atoms with Crippen LogP contribution in [-0.4, -0.2) is 25.7 Å². The van der Waals surface area contributed by atoms with Gasteiger partial charge in [-0.05, 0) is 13.3 Å². The van der Waals surface area contributed by atoms with Crippen molar-refractivity contribution in [2.24, 2.45) is 0 Å². The molecular weight excluding hydrogens is 252 g/mol. The zero-order valence-corrected chi connectivity index (χ0v) is 11.1. The van der Waals surface area contributed by atoms with E-state index in [1.807, 2.05) is 6.92 Å². The molecule has 0 saturated heterocycles. The van der Waals surface area contributed by atoms with Crippen molar-refractivity contribution >= 4 is 11.9 Å². The van der Waals surface area contributed by atoms with Crippen LogP contribution >= 0.6 is 0 Å². The van der Waals surface area contributed by atoms with E-state index in [2.05, 4.69) is 4.74 Å². The van der Waals surface area contributed by atoms with Crippen molar-refractivity contribution in [2.45, 2.75) is 26.7 Å². The molecular formula is C13H16O6. The van der Waals surface area contributed by atoms with E-state index in [0.717, 1.165) is 12.5 Å². The van der Waals surface area contributed by atoms with Crippen molar-refractivity contribution in [2.75, 3.05) is 13.7 Å². The summed E-state index contributed by atoms with van der Waals surface area (Å²) in [4.78, 5) is 34.7. The zero-order chi connectivity index (χ0) is 14.4. The average Bonchev–Trinajstić information content (AvgIpc) is 2.37. The number of rotatable bonds is 5. The molecule has 0 fully saturated rings. The summed E-state index contributed by atoms with van der Waals surface area (Å²) in [5, 5.41) is 0. The van der Waals surface area contributed by atoms with Crippen LogP contribution in [0.25, 0.3) is 0 Å². The van der Waals surface area contributed by atoms with Crippen LogP contribution in [-0.2, 0) is 9.47 Å². The summed E-state index contributed by atoms with van der Waals surface area (Å²) in [6.07, 6.45) is 1.58. The molecule has 1 aromatic heterocycles. The van der Waals surface area contributed by atoms with Crippen molar-refractivity contribution in [3.63, 3.8) is 0 Å². The Morgan fingerprint density at radius 1 is 1.32 bits per heavy atom. The van der Waals surface area contributed by atoms with Crippen LogP contribution in [0.4, 0.5) is 0 Å². The normalized spacial score (nSPS) is 10.1. The van der Waals surface area contributed by atoms with Gasteiger partial charge in [-0.3, -0.25) is 0 Å². The molecule has 6 heteroatoms. The molecule has 0 amide bonds. The van der Waals surface area contributed by atoms with Crippen LogP contribution in [0.15, 0.2) is 15.3 Å². The predicted octanol–water partition coefficient (Wildman–Crippen LogP) is 1.69. The highest BCUT2D eigenvalue weighted by atomic mass is 16.5. The number of unbranched alkanes of at least 4 members (excludes halogenated alkanes) is 1. The van der Waals surface area contributed by atoms with Crippen LogP contribution < -0.4 is 5.63 Å². The van der Waals surface area contributed by atoms with Gasteiger partial charge in [0.25, 0.3) is 0 Å². The van der Waals surface area contributed by atoms with Crippen molar-refractivity contribution in [3.8, 4) is 0 Å². The number of hydrogen-bond acceptors (Lipinski definition) is 6. The molecule has 0 saturated carbocycles. The van der Waals surface area contributed by atoms with Gasteiger partial charge in [-0.25, -0.2) is 14.4 Å². The van der Waals surface area contributed by atoms with Crippen LogP contribution in [0.5, 0.6) is 0 Å². The van der Waals surface area contributed by atoms with Gasteiger partial charge in [-0.1, -0.05) is 13.3 Å². The summed E-state index contributed by atoms with van der Waals surface area (Å²) in [7, 11) is 1.18. The molecule has 19 heavy (non-hydrogen) atoms. The third-order valence-corrected chi connectivity index (χ3v) is 2.48. The van der Waals surface area contributed by atoms with Gasteiger partial charge in [0, 0.05) is 6.07 Å². The summed E-state index contributed by atoms with van der Waals surface area (Å²) in [6, 6.07) is 0.938. The minimum absolute atomic E-state index is 0.0294. The summed E-state index contributed by atoms with van der Waals surface area (Å²) in [5.74, 6) is -1.45. The lowest BCUT2D eigenvalue weighted by atomic mass is 10.1. The Bertz CT molecular complexity index is 528. The number of aryl methyl sites for hydroxylation is 1. The first-order chi connectivity index (χ1) is 9.01. The second-order valence-electron chi connectivity index (χ2n) is 3.89. The Labute approximate surface area is 110 Å². The molecule has 1 rings (SSSR count). The van der Waals surface area contributed by atoms with Crippen molar-refractivity contribution < 1.29 is 23.5 Å². The molecule has 0 aliphatic heterocycles. The molecule has 6 nitrogen and oxygen atoms in total. The first-order valence-electron chi connectivity index (χ1n) is 5.91. The van der Waals surface area contributed by atoms with E-state index in [1.54, 1.807) is 0 Å². The van der Waals surface area contributed by atoms with E-state index in [9.17, 15) is 14.4 Å². The molecule has 104 valence electrons. The highest BCUT2D eigenvalue weighted by molar-refractivity contribution is 6.03. The SMILES string of the molecule is CCCCOC(=O)c1cc(=O)oc(C)c1C(=O)OC. The van der Waals surface area contributed by atoms with E-state index >= 15 is 0 Å². The third kappa shape index (κ3) is 3.67. The first-order valence-corrected chi connectivity index (χ1v) is 5.91. The maximum Gasteiger partial charge on any atom is 0.342 e. The van der Waals surface area contributed by atoms with Gasteiger partial charge in [0.1, 0.15) is 11.3 Å². The number of ether oxygens (including phenoxy) is 2. The number of hydrogen-bond donors (Lipinski definition) is 0. The lowest BCUT2D eigenvalue weighted by Gasteiger charge is -2.09. The topological polar surface area (TPSA) is 82.8 Å². The summed E-state index contributed by atoms with van der Waals surface area (Å²) >= 11 is 0. The number of esters is 2. The fourth-order valence-corrected chi connectivity index (χ4v) is 1.51. The van der Waals surface area contributed by atoms with Crippen LogP contribution in [0.1, 0.15) is 46.2 Å². The van der Waals surface area contributed by atoms with Crippen LogP contribution in [0.2, 0.25) is 0 Å². The molecule has 0 radical (unpaired) electrons. The Morgan fingerprint density at radius 3 is 2.58 bits per heavy atom. The van der Waals surface area contributed by atoms with Crippen LogP contribution in [0, 0.1) is 6.92 Å². The lowest BCUT2D eigenvalue weighted by Crippen LogP contribution is -2.18. The molecule has 0 aliphatic rings. The van der Waals surface area contributed by atoms with Gasteiger partial charge in [-0.15, -0.1) is 0 Å². The smallest absolute Gasteiger partial charge is 0.342 e. The highest BCUT2D eigenvalue weighted by Crippen LogP contribution is 2.14. The molecule has 1 heterocycles. The van der Waals surface area contributed by atoms with E-state index in [0.29, 0.717) is 6.42 Å². The van der Waals surface area contributed by atoms with Gasteiger partial charge < -0.3 is 13.9 Å². The monoisotopic (exact) mass is 268 g/mol. The van der Waals surface area contributed by atoms with E-state index in [-0.39, 0.29) is 23.5 Å². The molecule has 0 spiro atoms. The highest BCUT2D eigenvalue weighted by Gasteiger charge is 2.23. The second-order valence-corrected chi connectivity index (χ2v) is 3.89. The maximum atomic E-state index is 11.9. The molecule has 0 aromatic carbocycles. The second kappa shape index (κ2) is 6.72. The van der Waals surface area contributed by atoms with E-state index in [4.69, 9.17) is 9.15 Å². The summed E-state index contributed by atoms with van der Waals surface area (Å²) in [6.45, 7) is 3.60. The number of methoxy groups -OCH3 is 1. The minimum atomic E-state index is -0.747. The Hall–Kier alpha value is -2.11. The van der Waals surface area contributed by atoms with Crippen molar-refractivity contribution in [3.05, 3.63) is 33.4 Å². The average molecular weight is 268 g/mol. The largest absolute Gasteiger partial charge is 0.465 e. The van der Waals surface area contributed by atoms with E-state index < -0.39 is 17.6 Å². The summed E-state index contributed by atoms with van der Waals surface area (Å²) < 4.78 is 14.3.